The lowest BCUT2D eigenvalue weighted by Gasteiger charge is -2.16. The summed E-state index contributed by atoms with van der Waals surface area (Å²) in [5.74, 6) is 0.381. The van der Waals surface area contributed by atoms with E-state index in [1.807, 2.05) is 12.1 Å². The second kappa shape index (κ2) is 7.90. The van der Waals surface area contributed by atoms with Gasteiger partial charge in [-0.15, -0.1) is 0 Å². The van der Waals surface area contributed by atoms with E-state index in [0.717, 1.165) is 18.2 Å². The molecule has 0 amide bonds. The smallest absolute Gasteiger partial charge is 0.224 e. The van der Waals surface area contributed by atoms with Crippen LogP contribution in [0.4, 0.5) is 0 Å². The van der Waals surface area contributed by atoms with E-state index in [2.05, 4.69) is 18.6 Å². The molecule has 1 N–H and O–H groups in total. The fourth-order valence-electron chi connectivity index (χ4n) is 2.58. The Morgan fingerprint density at radius 2 is 1.27 bits per heavy atom. The largest absolute Gasteiger partial charge is 0.241 e. The predicted molar refractivity (Wildman–Crippen MR) is 103 cm³/mol. The number of benzene rings is 2. The standard InChI is InChI=1S/C19H25NO4S2/c1-5-14(2)16-6-12-19(13-7-16)26(23,24)20-15(3)17-8-10-18(11-9-17)25(4,21)22/h6-15,20H,5H2,1-4H3. The maximum atomic E-state index is 12.6. The minimum Gasteiger partial charge on any atom is -0.224 e. The highest BCUT2D eigenvalue weighted by Gasteiger charge is 2.19. The Morgan fingerprint density at radius 1 is 0.808 bits per heavy atom. The van der Waals surface area contributed by atoms with Gasteiger partial charge in [-0.25, -0.2) is 21.6 Å². The summed E-state index contributed by atoms with van der Waals surface area (Å²) in [6.45, 7) is 5.91. The topological polar surface area (TPSA) is 80.3 Å². The summed E-state index contributed by atoms with van der Waals surface area (Å²) < 4.78 is 50.8. The molecule has 2 aromatic carbocycles. The molecule has 26 heavy (non-hydrogen) atoms. The first kappa shape index (κ1) is 20.6. The highest BCUT2D eigenvalue weighted by atomic mass is 32.2. The van der Waals surface area contributed by atoms with E-state index in [1.54, 1.807) is 31.2 Å². The second-order valence-corrected chi connectivity index (χ2v) is 10.3. The van der Waals surface area contributed by atoms with Gasteiger partial charge in [-0.1, -0.05) is 38.1 Å². The van der Waals surface area contributed by atoms with Gasteiger partial charge in [0, 0.05) is 12.3 Å². The van der Waals surface area contributed by atoms with Gasteiger partial charge in [0.25, 0.3) is 0 Å². The van der Waals surface area contributed by atoms with Crippen molar-refractivity contribution in [3.8, 4) is 0 Å². The van der Waals surface area contributed by atoms with Crippen LogP contribution in [0.1, 0.15) is 50.3 Å². The Balaban J connectivity index is 2.18. The lowest BCUT2D eigenvalue weighted by Crippen LogP contribution is -2.27. The third kappa shape index (κ3) is 4.93. The number of hydrogen-bond donors (Lipinski definition) is 1. The Kier molecular flexibility index (Phi) is 6.26. The molecule has 0 bridgehead atoms. The van der Waals surface area contributed by atoms with Gasteiger partial charge < -0.3 is 0 Å². The molecule has 0 fully saturated rings. The van der Waals surface area contributed by atoms with Crippen LogP contribution >= 0.6 is 0 Å². The maximum absolute atomic E-state index is 12.6. The summed E-state index contributed by atoms with van der Waals surface area (Å²) >= 11 is 0. The fourth-order valence-corrected chi connectivity index (χ4v) is 4.45. The van der Waals surface area contributed by atoms with Crippen LogP contribution in [-0.4, -0.2) is 23.1 Å². The summed E-state index contributed by atoms with van der Waals surface area (Å²) in [6.07, 6.45) is 2.13. The molecular weight excluding hydrogens is 370 g/mol. The summed E-state index contributed by atoms with van der Waals surface area (Å²) in [5.41, 5.74) is 1.80. The minimum atomic E-state index is -3.66. The van der Waals surface area contributed by atoms with Crippen molar-refractivity contribution >= 4 is 19.9 Å². The van der Waals surface area contributed by atoms with Crippen molar-refractivity contribution in [3.63, 3.8) is 0 Å². The van der Waals surface area contributed by atoms with Gasteiger partial charge in [-0.3, -0.25) is 0 Å². The van der Waals surface area contributed by atoms with Gasteiger partial charge in [0.1, 0.15) is 0 Å². The lowest BCUT2D eigenvalue weighted by atomic mass is 9.99. The Labute approximate surface area is 156 Å². The van der Waals surface area contributed by atoms with Crippen LogP contribution in [0.15, 0.2) is 58.3 Å². The Morgan fingerprint density at radius 3 is 1.73 bits per heavy atom. The van der Waals surface area contributed by atoms with E-state index < -0.39 is 25.9 Å². The summed E-state index contributed by atoms with van der Waals surface area (Å²) in [5, 5.41) is 0. The number of rotatable bonds is 7. The number of hydrogen-bond acceptors (Lipinski definition) is 4. The summed E-state index contributed by atoms with van der Waals surface area (Å²) in [6, 6.07) is 12.6. The van der Waals surface area contributed by atoms with Gasteiger partial charge in [0.15, 0.2) is 9.84 Å². The van der Waals surface area contributed by atoms with E-state index in [-0.39, 0.29) is 9.79 Å². The van der Waals surface area contributed by atoms with Crippen molar-refractivity contribution in [1.29, 1.82) is 0 Å². The monoisotopic (exact) mass is 395 g/mol. The van der Waals surface area contributed by atoms with E-state index in [4.69, 9.17) is 0 Å². The molecule has 0 radical (unpaired) electrons. The molecule has 0 spiro atoms. The average molecular weight is 396 g/mol. The zero-order valence-corrected chi connectivity index (χ0v) is 17.1. The van der Waals surface area contributed by atoms with Crippen molar-refractivity contribution < 1.29 is 16.8 Å². The number of sulfone groups is 1. The zero-order valence-electron chi connectivity index (χ0n) is 15.4. The first-order valence-electron chi connectivity index (χ1n) is 8.47. The molecule has 0 saturated heterocycles. The quantitative estimate of drug-likeness (QED) is 0.776. The van der Waals surface area contributed by atoms with Crippen LogP contribution in [-0.2, 0) is 19.9 Å². The van der Waals surface area contributed by atoms with E-state index in [0.29, 0.717) is 11.5 Å². The Hall–Kier alpha value is -1.70. The van der Waals surface area contributed by atoms with Gasteiger partial charge >= 0.3 is 0 Å². The molecule has 2 atom stereocenters. The number of nitrogens with one attached hydrogen (secondary N) is 1. The molecule has 0 saturated carbocycles. The SMILES string of the molecule is CCC(C)c1ccc(S(=O)(=O)NC(C)c2ccc(S(C)(=O)=O)cc2)cc1. The third-order valence-corrected chi connectivity index (χ3v) is 7.20. The molecule has 0 aliphatic rings. The highest BCUT2D eigenvalue weighted by molar-refractivity contribution is 7.90. The molecular formula is C19H25NO4S2. The van der Waals surface area contributed by atoms with Gasteiger partial charge in [-0.2, -0.15) is 0 Å². The molecule has 0 aliphatic carbocycles. The molecule has 2 aromatic rings. The molecule has 2 rings (SSSR count). The zero-order chi connectivity index (χ0) is 19.5. The predicted octanol–water partition coefficient (Wildman–Crippen LogP) is 3.64. The summed E-state index contributed by atoms with van der Waals surface area (Å²) in [7, 11) is -6.94. The molecule has 142 valence electrons. The highest BCUT2D eigenvalue weighted by Crippen LogP contribution is 2.22. The fraction of sp³-hybridized carbons (Fsp3) is 0.368. The van der Waals surface area contributed by atoms with E-state index in [9.17, 15) is 16.8 Å². The van der Waals surface area contributed by atoms with Crippen molar-refractivity contribution in [3.05, 3.63) is 59.7 Å². The second-order valence-electron chi connectivity index (χ2n) is 6.56. The van der Waals surface area contributed by atoms with Crippen molar-refractivity contribution in [2.45, 2.75) is 48.9 Å². The molecule has 7 heteroatoms. The molecule has 0 aromatic heterocycles. The van der Waals surface area contributed by atoms with Crippen LogP contribution < -0.4 is 4.72 Å². The van der Waals surface area contributed by atoms with Crippen molar-refractivity contribution in [1.82, 2.24) is 4.72 Å². The maximum Gasteiger partial charge on any atom is 0.241 e. The molecule has 2 unspecified atom stereocenters. The average Bonchev–Trinajstić information content (AvgIpc) is 2.60. The summed E-state index contributed by atoms with van der Waals surface area (Å²) in [4.78, 5) is 0.418. The number of sulfonamides is 1. The first-order valence-corrected chi connectivity index (χ1v) is 11.8. The van der Waals surface area contributed by atoms with E-state index >= 15 is 0 Å². The van der Waals surface area contributed by atoms with Crippen LogP contribution in [0.5, 0.6) is 0 Å². The van der Waals surface area contributed by atoms with Crippen LogP contribution in [0, 0.1) is 0 Å². The normalized spacial score (nSPS) is 14.8. The van der Waals surface area contributed by atoms with Crippen LogP contribution in [0.2, 0.25) is 0 Å². The lowest BCUT2D eigenvalue weighted by molar-refractivity contribution is 0.566. The minimum absolute atomic E-state index is 0.205. The Bertz CT molecular complexity index is 948. The van der Waals surface area contributed by atoms with E-state index in [1.165, 1.54) is 12.1 Å². The van der Waals surface area contributed by atoms with Crippen molar-refractivity contribution in [2.75, 3.05) is 6.26 Å². The molecule has 0 heterocycles. The molecule has 5 nitrogen and oxygen atoms in total. The van der Waals surface area contributed by atoms with Gasteiger partial charge in [0.2, 0.25) is 10.0 Å². The van der Waals surface area contributed by atoms with Crippen LogP contribution in [0.3, 0.4) is 0 Å². The van der Waals surface area contributed by atoms with Gasteiger partial charge in [-0.05, 0) is 54.7 Å². The van der Waals surface area contributed by atoms with Crippen LogP contribution in [0.25, 0.3) is 0 Å². The molecule has 0 aliphatic heterocycles. The third-order valence-electron chi connectivity index (χ3n) is 4.51. The first-order chi connectivity index (χ1) is 12.0. The van der Waals surface area contributed by atoms with Gasteiger partial charge in [0.05, 0.1) is 9.79 Å². The van der Waals surface area contributed by atoms with Crippen molar-refractivity contribution in [2.24, 2.45) is 0 Å².